The van der Waals surface area contributed by atoms with Gasteiger partial charge in [-0.1, -0.05) is 98.6 Å². The third-order valence-corrected chi connectivity index (χ3v) is 10.3. The number of benzene rings is 2. The summed E-state index contributed by atoms with van der Waals surface area (Å²) in [6.07, 6.45) is 7.26. The van der Waals surface area contributed by atoms with Crippen LogP contribution in [0.15, 0.2) is 78.9 Å². The maximum absolute atomic E-state index is 14.8. The topological polar surface area (TPSA) is 125 Å². The van der Waals surface area contributed by atoms with Crippen LogP contribution in [0.25, 0.3) is 0 Å². The first-order chi connectivity index (χ1) is 22.7. The van der Waals surface area contributed by atoms with Gasteiger partial charge in [-0.2, -0.15) is 0 Å². The molecule has 8 atom stereocenters. The van der Waals surface area contributed by atoms with Crippen molar-refractivity contribution < 1.29 is 33.8 Å². The first kappa shape index (κ1) is 32.9. The lowest BCUT2D eigenvalue weighted by molar-refractivity contribution is -0.147. The largest absolute Gasteiger partial charge is 0.463 e. The lowest BCUT2D eigenvalue weighted by Crippen LogP contribution is -2.59. The van der Waals surface area contributed by atoms with E-state index in [9.17, 15) is 24.3 Å². The van der Waals surface area contributed by atoms with Crippen molar-refractivity contribution in [2.24, 2.45) is 17.8 Å². The van der Waals surface area contributed by atoms with Gasteiger partial charge in [-0.05, 0) is 30.0 Å². The number of carbonyl (C=O) groups excluding carboxylic acids is 4. The van der Waals surface area contributed by atoms with Gasteiger partial charge in [0.1, 0.15) is 18.2 Å². The fourth-order valence-corrected chi connectivity index (χ4v) is 7.67. The van der Waals surface area contributed by atoms with E-state index < -0.39 is 65.4 Å². The number of aliphatic hydroxyl groups is 1. The number of cyclic esters (lactones) is 1. The molecule has 0 radical (unpaired) electrons. The summed E-state index contributed by atoms with van der Waals surface area (Å²) in [5, 5.41) is 14.1. The zero-order valence-electron chi connectivity index (χ0n) is 26.5. The number of nitrogens with one attached hydrogen (secondary N) is 1. The van der Waals surface area contributed by atoms with Crippen LogP contribution in [0.1, 0.15) is 44.7 Å². The highest BCUT2D eigenvalue weighted by Gasteiger charge is 2.72. The third-order valence-electron chi connectivity index (χ3n) is 9.99. The molecule has 0 saturated carbocycles. The molecule has 2 aromatic rings. The van der Waals surface area contributed by atoms with E-state index in [2.05, 4.69) is 5.32 Å². The predicted molar refractivity (Wildman–Crippen MR) is 175 cm³/mol. The molecule has 11 heteroatoms. The smallest absolute Gasteiger partial charge is 0.306 e. The number of para-hydroxylation sites is 1. The molecular weight excluding hydrogens is 622 g/mol. The summed E-state index contributed by atoms with van der Waals surface area (Å²) < 4.78 is 12.4. The van der Waals surface area contributed by atoms with Crippen LogP contribution in [0.2, 0.25) is 5.02 Å². The van der Waals surface area contributed by atoms with Crippen LogP contribution in [0.5, 0.6) is 0 Å². The van der Waals surface area contributed by atoms with Gasteiger partial charge >= 0.3 is 5.97 Å². The fraction of sp³-hybridized carbons (Fsp3) is 0.444. The molecule has 0 aromatic heterocycles. The SMILES string of the molecule is CC[C@H](C)[C@H](CO)N1C(=O)[C@@H]2[C@H]3C(=O)N[C@H](c4ccccc4)COC(=O)CC/C=C\[C@H]3O[C@@]23C=CCN(c2ccccc2Cl)C(=O)[C@@H]13. The number of halogens is 1. The molecule has 4 aliphatic heterocycles. The Bertz CT molecular complexity index is 1580. The number of hydrogen-bond acceptors (Lipinski definition) is 7. The van der Waals surface area contributed by atoms with E-state index in [4.69, 9.17) is 21.1 Å². The molecule has 2 saturated heterocycles. The molecular formula is C36H40ClN3O7. The third kappa shape index (κ3) is 5.87. The maximum atomic E-state index is 14.8. The Kier molecular flexibility index (Phi) is 9.55. The summed E-state index contributed by atoms with van der Waals surface area (Å²) in [7, 11) is 0. The highest BCUT2D eigenvalue weighted by molar-refractivity contribution is 6.34. The van der Waals surface area contributed by atoms with Crippen molar-refractivity contribution in [2.45, 2.75) is 62.9 Å². The number of rotatable bonds is 6. The summed E-state index contributed by atoms with van der Waals surface area (Å²) in [5.41, 5.74) is -0.296. The minimum Gasteiger partial charge on any atom is -0.463 e. The van der Waals surface area contributed by atoms with E-state index >= 15 is 0 Å². The van der Waals surface area contributed by atoms with E-state index in [1.54, 1.807) is 48.6 Å². The molecule has 10 nitrogen and oxygen atoms in total. The van der Waals surface area contributed by atoms with Crippen LogP contribution in [0.4, 0.5) is 5.69 Å². The summed E-state index contributed by atoms with van der Waals surface area (Å²) in [6, 6.07) is 13.6. The first-order valence-corrected chi connectivity index (χ1v) is 16.6. The molecule has 4 aliphatic rings. The average Bonchev–Trinajstić information content (AvgIpc) is 3.46. The minimum atomic E-state index is -1.52. The van der Waals surface area contributed by atoms with Crippen molar-refractivity contribution in [3.05, 3.63) is 89.5 Å². The maximum Gasteiger partial charge on any atom is 0.306 e. The summed E-state index contributed by atoms with van der Waals surface area (Å²) in [5.74, 6) is -3.96. The van der Waals surface area contributed by atoms with Gasteiger partial charge in [-0.3, -0.25) is 19.2 Å². The Morgan fingerprint density at radius 1 is 1.04 bits per heavy atom. The molecule has 1 spiro atoms. The van der Waals surface area contributed by atoms with Crippen LogP contribution in [-0.4, -0.2) is 77.2 Å². The van der Waals surface area contributed by atoms with Crippen LogP contribution in [0.3, 0.4) is 0 Å². The van der Waals surface area contributed by atoms with Crippen LogP contribution < -0.4 is 10.2 Å². The molecule has 4 heterocycles. The number of likely N-dealkylation sites (tertiary alicyclic amines) is 1. The molecule has 6 rings (SSSR count). The van der Waals surface area contributed by atoms with Crippen LogP contribution in [0, 0.1) is 17.8 Å². The molecule has 3 amide bonds. The van der Waals surface area contributed by atoms with E-state index in [-0.39, 0.29) is 32.1 Å². The van der Waals surface area contributed by atoms with Gasteiger partial charge < -0.3 is 29.7 Å². The second-order valence-corrected chi connectivity index (χ2v) is 13.1. The number of hydrogen-bond donors (Lipinski definition) is 2. The van der Waals surface area contributed by atoms with Crippen molar-refractivity contribution in [1.82, 2.24) is 10.2 Å². The lowest BCUT2D eigenvalue weighted by Gasteiger charge is -2.40. The van der Waals surface area contributed by atoms with Crippen molar-refractivity contribution in [1.29, 1.82) is 0 Å². The number of anilines is 1. The highest BCUT2D eigenvalue weighted by Crippen LogP contribution is 2.54. The lowest BCUT2D eigenvalue weighted by atomic mass is 9.77. The first-order valence-electron chi connectivity index (χ1n) is 16.2. The van der Waals surface area contributed by atoms with Gasteiger partial charge in [0.15, 0.2) is 0 Å². The van der Waals surface area contributed by atoms with Crippen molar-refractivity contribution in [2.75, 3.05) is 24.7 Å². The van der Waals surface area contributed by atoms with E-state index in [0.717, 1.165) is 5.56 Å². The van der Waals surface area contributed by atoms with E-state index in [0.29, 0.717) is 23.6 Å². The Hall–Kier alpha value is -3.99. The van der Waals surface area contributed by atoms with Gasteiger partial charge in [0.05, 0.1) is 47.3 Å². The molecule has 2 N–H and O–H groups in total. The normalized spacial score (nSPS) is 31.4. The number of allylic oxidation sites excluding steroid dienone is 1. The number of amides is 3. The van der Waals surface area contributed by atoms with E-state index in [1.807, 2.05) is 44.2 Å². The van der Waals surface area contributed by atoms with Gasteiger partial charge in [0.2, 0.25) is 11.8 Å². The second kappa shape index (κ2) is 13.6. The standard InChI is InChI=1S/C36H40ClN3O7/c1-3-22(2)27(20-41)40-32-35(45)39(26-15-8-7-14-24(26)37)19-11-18-36(32)31(34(40)44)30-28(47-36)16-9-10-17-29(42)46-21-25(38-33(30)43)23-12-5-4-6-13-23/h4-9,11-16,18,22,25,27-28,30-32,41H,3,10,17,19-21H2,1-2H3,(H,38,43)/b16-9-/t22-,25-,27-,28+,30-,31-,32+,36-/m0/s1. The second-order valence-electron chi connectivity index (χ2n) is 12.6. The van der Waals surface area contributed by atoms with E-state index in [1.165, 1.54) is 9.80 Å². The molecule has 47 heavy (non-hydrogen) atoms. The molecule has 0 bridgehead atoms. The van der Waals surface area contributed by atoms with Crippen molar-refractivity contribution >= 4 is 41.0 Å². The Morgan fingerprint density at radius 2 is 1.79 bits per heavy atom. The Balaban J connectivity index is 1.48. The van der Waals surface area contributed by atoms with Crippen LogP contribution >= 0.6 is 11.6 Å². The van der Waals surface area contributed by atoms with Crippen molar-refractivity contribution in [3.63, 3.8) is 0 Å². The van der Waals surface area contributed by atoms with Gasteiger partial charge in [0.25, 0.3) is 5.91 Å². The summed E-state index contributed by atoms with van der Waals surface area (Å²) in [4.78, 5) is 59.6. The minimum absolute atomic E-state index is 0.0825. The number of carbonyl (C=O) groups is 4. The summed E-state index contributed by atoms with van der Waals surface area (Å²) >= 11 is 6.58. The monoisotopic (exact) mass is 661 g/mol. The number of aliphatic hydroxyl groups excluding tert-OH is 1. The number of nitrogens with zero attached hydrogens (tertiary/aromatic N) is 2. The van der Waals surface area contributed by atoms with Crippen molar-refractivity contribution in [3.8, 4) is 0 Å². The van der Waals surface area contributed by atoms with Gasteiger partial charge in [-0.25, -0.2) is 0 Å². The van der Waals surface area contributed by atoms with Gasteiger partial charge in [-0.15, -0.1) is 0 Å². The zero-order valence-corrected chi connectivity index (χ0v) is 27.2. The molecule has 0 unspecified atom stereocenters. The summed E-state index contributed by atoms with van der Waals surface area (Å²) in [6.45, 7) is 3.60. The fourth-order valence-electron chi connectivity index (χ4n) is 7.44. The number of fused-ring (bicyclic) bond motifs is 2. The molecule has 2 aromatic carbocycles. The molecule has 248 valence electrons. The predicted octanol–water partition coefficient (Wildman–Crippen LogP) is 3.98. The van der Waals surface area contributed by atoms with Gasteiger partial charge in [0, 0.05) is 13.0 Å². The Morgan fingerprint density at radius 3 is 2.51 bits per heavy atom. The Labute approximate surface area is 279 Å². The highest BCUT2D eigenvalue weighted by atomic mass is 35.5. The number of ether oxygens (including phenoxy) is 2. The quantitative estimate of drug-likeness (QED) is 0.354. The van der Waals surface area contributed by atoms with Crippen LogP contribution in [-0.2, 0) is 28.7 Å². The molecule has 2 fully saturated rings. The molecule has 0 aliphatic carbocycles. The zero-order chi connectivity index (χ0) is 33.3. The average molecular weight is 662 g/mol. The number of esters is 1.